The van der Waals surface area contributed by atoms with Crippen LogP contribution in [0.3, 0.4) is 0 Å². The van der Waals surface area contributed by atoms with Crippen LogP contribution in [0, 0.1) is 5.82 Å². The molecule has 28 heavy (non-hydrogen) atoms. The fourth-order valence-electron chi connectivity index (χ4n) is 2.09. The fraction of sp³-hybridized carbons (Fsp3) is 0.222. The van der Waals surface area contributed by atoms with Crippen molar-refractivity contribution in [2.75, 3.05) is 11.1 Å². The molecule has 0 spiro atoms. The van der Waals surface area contributed by atoms with Crippen molar-refractivity contribution in [3.8, 4) is 0 Å². The van der Waals surface area contributed by atoms with Gasteiger partial charge in [0.1, 0.15) is 5.82 Å². The number of nitrogens with two attached hydrogens (primary N) is 1. The Balaban J connectivity index is 2.20. The summed E-state index contributed by atoms with van der Waals surface area (Å²) in [7, 11) is 0. The standard InChI is InChI=1S/C18H16F4N2O3S/c1-10(25)27-17(2,18(20,21)22)16(26)24-15-8-7-13(9-14(15)19)28-12-5-3-11(23)4-6-12/h3-9H,23H2,1-2H3,(H,24,26)/t17-/m1/s1. The Morgan fingerprint density at radius 3 is 2.14 bits per heavy atom. The number of esters is 1. The lowest BCUT2D eigenvalue weighted by Crippen LogP contribution is -2.55. The van der Waals surface area contributed by atoms with Crippen LogP contribution >= 0.6 is 11.8 Å². The van der Waals surface area contributed by atoms with Crippen molar-refractivity contribution in [3.63, 3.8) is 0 Å². The number of alkyl halides is 3. The SMILES string of the molecule is CC(=O)O[C@](C)(C(=O)Nc1ccc(Sc2ccc(N)cc2)cc1F)C(F)(F)F. The minimum atomic E-state index is -5.19. The van der Waals surface area contributed by atoms with Gasteiger partial charge in [-0.2, -0.15) is 13.2 Å². The Hall–Kier alpha value is -2.75. The summed E-state index contributed by atoms with van der Waals surface area (Å²) >= 11 is 1.20. The van der Waals surface area contributed by atoms with Crippen molar-refractivity contribution >= 4 is 35.0 Å². The minimum Gasteiger partial charge on any atom is -0.439 e. The first-order valence-corrected chi connectivity index (χ1v) is 8.65. The van der Waals surface area contributed by atoms with Gasteiger partial charge in [0.05, 0.1) is 5.69 Å². The van der Waals surface area contributed by atoms with E-state index in [0.29, 0.717) is 17.5 Å². The van der Waals surface area contributed by atoms with E-state index < -0.39 is 35.2 Å². The number of nitrogen functional groups attached to an aromatic ring is 1. The summed E-state index contributed by atoms with van der Waals surface area (Å²) in [6.07, 6.45) is -5.19. The van der Waals surface area contributed by atoms with Crippen LogP contribution in [0.25, 0.3) is 0 Å². The average molecular weight is 416 g/mol. The van der Waals surface area contributed by atoms with Crippen LogP contribution in [0.15, 0.2) is 52.3 Å². The fourth-order valence-corrected chi connectivity index (χ4v) is 2.94. The molecule has 0 radical (unpaired) electrons. The van der Waals surface area contributed by atoms with Gasteiger partial charge in [0.25, 0.3) is 11.5 Å². The predicted octanol–water partition coefficient (Wildman–Crippen LogP) is 4.38. The first-order valence-electron chi connectivity index (χ1n) is 7.83. The predicted molar refractivity (Wildman–Crippen MR) is 96.2 cm³/mol. The molecule has 2 aromatic carbocycles. The lowest BCUT2D eigenvalue weighted by atomic mass is 10.0. The first kappa shape index (κ1) is 21.5. The molecule has 0 unspecified atom stereocenters. The molecule has 0 aliphatic carbocycles. The molecule has 2 rings (SSSR count). The maximum atomic E-state index is 14.3. The maximum absolute atomic E-state index is 14.3. The summed E-state index contributed by atoms with van der Waals surface area (Å²) in [6, 6.07) is 10.4. The Morgan fingerprint density at radius 1 is 1.07 bits per heavy atom. The van der Waals surface area contributed by atoms with E-state index in [-0.39, 0.29) is 0 Å². The molecule has 150 valence electrons. The van der Waals surface area contributed by atoms with Crippen LogP contribution in [-0.2, 0) is 14.3 Å². The van der Waals surface area contributed by atoms with Crippen LogP contribution in [0.4, 0.5) is 28.9 Å². The zero-order valence-corrected chi connectivity index (χ0v) is 15.6. The molecule has 0 saturated heterocycles. The number of halogens is 4. The van der Waals surface area contributed by atoms with E-state index in [1.807, 2.05) is 5.32 Å². The molecular weight excluding hydrogens is 400 g/mol. The van der Waals surface area contributed by atoms with Crippen LogP contribution < -0.4 is 11.1 Å². The van der Waals surface area contributed by atoms with Crippen molar-refractivity contribution in [1.29, 1.82) is 0 Å². The van der Waals surface area contributed by atoms with E-state index in [1.54, 1.807) is 24.3 Å². The molecule has 5 nitrogen and oxygen atoms in total. The number of hydrogen-bond acceptors (Lipinski definition) is 5. The topological polar surface area (TPSA) is 81.4 Å². The molecule has 0 heterocycles. The molecule has 0 bridgehead atoms. The van der Waals surface area contributed by atoms with Crippen molar-refractivity contribution in [2.45, 2.75) is 35.4 Å². The van der Waals surface area contributed by atoms with E-state index in [1.165, 1.54) is 17.8 Å². The van der Waals surface area contributed by atoms with Crippen LogP contribution in [0.1, 0.15) is 13.8 Å². The second-order valence-electron chi connectivity index (χ2n) is 5.89. The van der Waals surface area contributed by atoms with Gasteiger partial charge in [0, 0.05) is 22.4 Å². The number of benzene rings is 2. The van der Waals surface area contributed by atoms with E-state index in [9.17, 15) is 27.2 Å². The molecular formula is C18H16F4N2O3S. The highest BCUT2D eigenvalue weighted by atomic mass is 32.2. The third-order valence-corrected chi connectivity index (χ3v) is 4.62. The quantitative estimate of drug-likeness (QED) is 0.430. The number of ether oxygens (including phenoxy) is 1. The van der Waals surface area contributed by atoms with E-state index in [0.717, 1.165) is 24.0 Å². The van der Waals surface area contributed by atoms with Crippen LogP contribution in [-0.4, -0.2) is 23.7 Å². The number of carbonyl (C=O) groups excluding carboxylic acids is 2. The Bertz CT molecular complexity index is 887. The summed E-state index contributed by atoms with van der Waals surface area (Å²) in [6.45, 7) is 1.13. The lowest BCUT2D eigenvalue weighted by molar-refractivity contribution is -0.253. The van der Waals surface area contributed by atoms with Crippen LogP contribution in [0.5, 0.6) is 0 Å². The van der Waals surface area contributed by atoms with Gasteiger partial charge >= 0.3 is 12.1 Å². The Morgan fingerprint density at radius 2 is 1.64 bits per heavy atom. The molecule has 0 aromatic heterocycles. The van der Waals surface area contributed by atoms with Gasteiger partial charge in [-0.05, 0) is 49.4 Å². The van der Waals surface area contributed by atoms with Crippen molar-refractivity contribution < 1.29 is 31.9 Å². The van der Waals surface area contributed by atoms with Crippen molar-refractivity contribution in [3.05, 3.63) is 48.3 Å². The smallest absolute Gasteiger partial charge is 0.437 e. The van der Waals surface area contributed by atoms with Gasteiger partial charge in [-0.1, -0.05) is 11.8 Å². The number of rotatable bonds is 5. The maximum Gasteiger partial charge on any atom is 0.437 e. The van der Waals surface area contributed by atoms with Gasteiger partial charge < -0.3 is 15.8 Å². The van der Waals surface area contributed by atoms with Crippen molar-refractivity contribution in [2.24, 2.45) is 0 Å². The molecule has 0 saturated carbocycles. The molecule has 10 heteroatoms. The highest BCUT2D eigenvalue weighted by Crippen LogP contribution is 2.36. The summed E-state index contributed by atoms with van der Waals surface area (Å²) < 4.78 is 58.1. The lowest BCUT2D eigenvalue weighted by Gasteiger charge is -2.29. The monoisotopic (exact) mass is 416 g/mol. The number of anilines is 2. The molecule has 0 fully saturated rings. The summed E-state index contributed by atoms with van der Waals surface area (Å²) in [4.78, 5) is 24.3. The second kappa shape index (κ2) is 8.09. The number of hydrogen-bond donors (Lipinski definition) is 2. The molecule has 3 N–H and O–H groups in total. The zero-order chi connectivity index (χ0) is 21.1. The highest BCUT2D eigenvalue weighted by Gasteiger charge is 2.60. The third-order valence-electron chi connectivity index (χ3n) is 3.63. The molecule has 0 aliphatic rings. The summed E-state index contributed by atoms with van der Waals surface area (Å²) in [5, 5.41) is 1.82. The normalized spacial score (nSPS) is 13.5. The van der Waals surface area contributed by atoms with Gasteiger partial charge in [-0.25, -0.2) is 4.39 Å². The van der Waals surface area contributed by atoms with E-state index in [2.05, 4.69) is 4.74 Å². The second-order valence-corrected chi connectivity index (χ2v) is 7.04. The molecule has 1 atom stereocenters. The summed E-state index contributed by atoms with van der Waals surface area (Å²) in [5.41, 5.74) is 2.22. The number of carbonyl (C=O) groups is 2. The summed E-state index contributed by atoms with van der Waals surface area (Å²) in [5.74, 6) is -3.96. The Kier molecular flexibility index (Phi) is 6.23. The van der Waals surface area contributed by atoms with Gasteiger partial charge in [0.2, 0.25) is 0 Å². The van der Waals surface area contributed by atoms with Gasteiger partial charge in [-0.15, -0.1) is 0 Å². The Labute approximate surface area is 162 Å². The van der Waals surface area contributed by atoms with Crippen LogP contribution in [0.2, 0.25) is 0 Å². The van der Waals surface area contributed by atoms with Crippen molar-refractivity contribution in [1.82, 2.24) is 0 Å². The first-order chi connectivity index (χ1) is 12.9. The minimum absolute atomic E-state index is 0.396. The molecule has 2 aromatic rings. The third kappa shape index (κ3) is 4.94. The van der Waals surface area contributed by atoms with Gasteiger partial charge in [-0.3, -0.25) is 9.59 Å². The highest BCUT2D eigenvalue weighted by molar-refractivity contribution is 7.99. The largest absolute Gasteiger partial charge is 0.439 e. The zero-order valence-electron chi connectivity index (χ0n) is 14.8. The molecule has 0 aliphatic heterocycles. The average Bonchev–Trinajstić information content (AvgIpc) is 2.57. The molecule has 1 amide bonds. The number of amides is 1. The van der Waals surface area contributed by atoms with E-state index >= 15 is 0 Å². The van der Waals surface area contributed by atoms with E-state index in [4.69, 9.17) is 5.73 Å². The van der Waals surface area contributed by atoms with Gasteiger partial charge in [0.15, 0.2) is 0 Å². The number of nitrogens with one attached hydrogen (secondary N) is 1.